The Hall–Kier alpha value is -2.99. The summed E-state index contributed by atoms with van der Waals surface area (Å²) in [4.78, 5) is 30.4. The minimum absolute atomic E-state index is 0.0599. The Morgan fingerprint density at radius 2 is 1.47 bits per heavy atom. The minimum Gasteiger partial charge on any atom is -0.507 e. The van der Waals surface area contributed by atoms with Gasteiger partial charge >= 0.3 is 0 Å². The molecule has 36 heavy (non-hydrogen) atoms. The van der Waals surface area contributed by atoms with Crippen LogP contribution in [0.4, 0.5) is 4.39 Å². The molecule has 0 spiro atoms. The largest absolute Gasteiger partial charge is 0.507 e. The molecule has 1 atom stereocenters. The minimum atomic E-state index is -0.699. The molecule has 2 aromatic rings. The molecular weight excluding hydrogens is 455 g/mol. The maximum Gasteiger partial charge on any atom is 0.295 e. The Morgan fingerprint density at radius 1 is 0.889 bits per heavy atom. The molecule has 1 fully saturated rings. The number of hydrogen-bond acceptors (Lipinski definition) is 4. The summed E-state index contributed by atoms with van der Waals surface area (Å²) in [7, 11) is 0. The van der Waals surface area contributed by atoms with E-state index in [4.69, 9.17) is 0 Å². The van der Waals surface area contributed by atoms with E-state index in [0.29, 0.717) is 12.1 Å². The number of likely N-dealkylation sites (tertiary alicyclic amines) is 1. The summed E-state index contributed by atoms with van der Waals surface area (Å²) in [6, 6.07) is 12.5. The van der Waals surface area contributed by atoms with Crippen LogP contribution in [0.5, 0.6) is 0 Å². The van der Waals surface area contributed by atoms with E-state index in [2.05, 4.69) is 25.7 Å². The van der Waals surface area contributed by atoms with Crippen LogP contribution in [0.25, 0.3) is 5.76 Å². The fourth-order valence-corrected chi connectivity index (χ4v) is 4.72. The summed E-state index contributed by atoms with van der Waals surface area (Å²) in [5, 5.41) is 11.1. The van der Waals surface area contributed by atoms with E-state index < -0.39 is 23.5 Å². The van der Waals surface area contributed by atoms with Gasteiger partial charge < -0.3 is 14.9 Å². The van der Waals surface area contributed by atoms with Crippen LogP contribution in [0.3, 0.4) is 0 Å². The number of aryl methyl sites for hydroxylation is 1. The van der Waals surface area contributed by atoms with Crippen LogP contribution in [-0.2, 0) is 16.0 Å². The average molecular weight is 495 g/mol. The molecule has 3 rings (SSSR count). The van der Waals surface area contributed by atoms with Crippen molar-refractivity contribution < 1.29 is 19.1 Å². The zero-order valence-corrected chi connectivity index (χ0v) is 21.8. The van der Waals surface area contributed by atoms with Crippen LogP contribution >= 0.6 is 0 Å². The molecule has 194 valence electrons. The molecule has 5 nitrogen and oxygen atoms in total. The summed E-state index contributed by atoms with van der Waals surface area (Å²) in [5.74, 6) is -2.01. The van der Waals surface area contributed by atoms with Crippen molar-refractivity contribution in [3.05, 3.63) is 76.6 Å². The van der Waals surface area contributed by atoms with Gasteiger partial charge in [0, 0.05) is 12.1 Å². The summed E-state index contributed by atoms with van der Waals surface area (Å²) < 4.78 is 13.5. The van der Waals surface area contributed by atoms with Gasteiger partial charge in [0.15, 0.2) is 0 Å². The van der Waals surface area contributed by atoms with Crippen molar-refractivity contribution in [3.63, 3.8) is 0 Å². The Labute approximate surface area is 214 Å². The Balaban J connectivity index is 1.91. The number of ketones is 1. The van der Waals surface area contributed by atoms with Crippen molar-refractivity contribution in [2.75, 3.05) is 26.2 Å². The highest BCUT2D eigenvalue weighted by Gasteiger charge is 2.45. The van der Waals surface area contributed by atoms with Gasteiger partial charge in [-0.2, -0.15) is 0 Å². The lowest BCUT2D eigenvalue weighted by Gasteiger charge is -2.27. The Bertz CT molecular complexity index is 1040. The van der Waals surface area contributed by atoms with Gasteiger partial charge in [-0.1, -0.05) is 57.9 Å². The summed E-state index contributed by atoms with van der Waals surface area (Å²) >= 11 is 0. The van der Waals surface area contributed by atoms with Crippen molar-refractivity contribution in [2.24, 2.45) is 0 Å². The lowest BCUT2D eigenvalue weighted by atomic mass is 9.94. The van der Waals surface area contributed by atoms with Crippen molar-refractivity contribution in [1.82, 2.24) is 9.80 Å². The van der Waals surface area contributed by atoms with Crippen LogP contribution < -0.4 is 0 Å². The second-order valence-corrected chi connectivity index (χ2v) is 9.50. The maximum atomic E-state index is 13.5. The molecule has 0 aliphatic carbocycles. The summed E-state index contributed by atoms with van der Waals surface area (Å²) in [6.07, 6.45) is 6.15. The number of aliphatic hydroxyl groups excluding tert-OH is 1. The van der Waals surface area contributed by atoms with E-state index in [1.54, 1.807) is 4.90 Å². The predicted octanol–water partition coefficient (Wildman–Crippen LogP) is 6.10. The molecule has 0 aromatic heterocycles. The number of benzene rings is 2. The van der Waals surface area contributed by atoms with Gasteiger partial charge in [-0.05, 0) is 80.7 Å². The number of carbonyl (C=O) groups is 2. The molecule has 0 saturated carbocycles. The number of aliphatic hydroxyl groups is 1. The predicted molar refractivity (Wildman–Crippen MR) is 142 cm³/mol. The highest BCUT2D eigenvalue weighted by Crippen LogP contribution is 2.39. The highest BCUT2D eigenvalue weighted by atomic mass is 19.1. The first-order valence-electron chi connectivity index (χ1n) is 13.3. The number of unbranched alkanes of at least 4 members (excludes halogenated alkanes) is 2. The number of rotatable bonds is 13. The third-order valence-electron chi connectivity index (χ3n) is 6.89. The van der Waals surface area contributed by atoms with E-state index in [9.17, 15) is 19.1 Å². The molecule has 1 saturated heterocycles. The topological polar surface area (TPSA) is 60.9 Å². The molecular formula is C30H39FN2O3. The molecule has 1 N–H and O–H groups in total. The van der Waals surface area contributed by atoms with Crippen molar-refractivity contribution in [2.45, 2.75) is 65.3 Å². The number of carbonyl (C=O) groups excluding carboxylic acids is 2. The van der Waals surface area contributed by atoms with Crippen molar-refractivity contribution >= 4 is 17.4 Å². The van der Waals surface area contributed by atoms with Gasteiger partial charge in [-0.25, -0.2) is 4.39 Å². The highest BCUT2D eigenvalue weighted by molar-refractivity contribution is 6.46. The molecule has 0 bridgehead atoms. The van der Waals surface area contributed by atoms with Crippen LogP contribution in [-0.4, -0.2) is 52.8 Å². The van der Waals surface area contributed by atoms with Gasteiger partial charge in [-0.15, -0.1) is 0 Å². The molecule has 1 aliphatic heterocycles. The van der Waals surface area contributed by atoms with E-state index in [1.807, 2.05) is 24.3 Å². The zero-order chi connectivity index (χ0) is 26.1. The van der Waals surface area contributed by atoms with E-state index in [1.165, 1.54) is 24.3 Å². The molecule has 1 heterocycles. The van der Waals surface area contributed by atoms with Crippen LogP contribution in [0.15, 0.2) is 54.1 Å². The smallest absolute Gasteiger partial charge is 0.295 e. The molecule has 1 aliphatic rings. The van der Waals surface area contributed by atoms with Crippen molar-refractivity contribution in [1.29, 1.82) is 0 Å². The SMILES string of the molecule is CCCCN(CCCC)CCCN1C(=O)C(=O)/C(=C(\O)c2ccc(F)cc2)C1c1ccc(CC)cc1. The third-order valence-corrected chi connectivity index (χ3v) is 6.89. The standard InChI is InChI=1S/C30H39FN2O3/c1-4-7-18-32(19-8-5-2)20-9-21-33-27(23-12-10-22(6-3)11-13-23)26(29(35)30(33)36)28(34)24-14-16-25(31)17-15-24/h10-17,27,34H,4-9,18-21H2,1-3H3/b28-26-. The lowest BCUT2D eigenvalue weighted by molar-refractivity contribution is -0.140. The Morgan fingerprint density at radius 3 is 2.03 bits per heavy atom. The number of amides is 1. The van der Waals surface area contributed by atoms with Gasteiger partial charge in [-0.3, -0.25) is 9.59 Å². The van der Waals surface area contributed by atoms with Gasteiger partial charge in [0.2, 0.25) is 0 Å². The van der Waals surface area contributed by atoms with Crippen LogP contribution in [0, 0.1) is 5.82 Å². The molecule has 0 radical (unpaired) electrons. The quantitative estimate of drug-likeness (QED) is 0.208. The summed E-state index contributed by atoms with van der Waals surface area (Å²) in [5.41, 5.74) is 2.31. The fraction of sp³-hybridized carbons (Fsp3) is 0.467. The van der Waals surface area contributed by atoms with E-state index >= 15 is 0 Å². The van der Waals surface area contributed by atoms with E-state index in [0.717, 1.165) is 69.3 Å². The summed E-state index contributed by atoms with van der Waals surface area (Å²) in [6.45, 7) is 9.76. The first-order valence-corrected chi connectivity index (χ1v) is 13.3. The average Bonchev–Trinajstić information content (AvgIpc) is 3.15. The first-order chi connectivity index (χ1) is 17.4. The van der Waals surface area contributed by atoms with Crippen LogP contribution in [0.2, 0.25) is 0 Å². The number of hydrogen-bond donors (Lipinski definition) is 1. The molecule has 6 heteroatoms. The lowest BCUT2D eigenvalue weighted by Crippen LogP contribution is -2.34. The zero-order valence-electron chi connectivity index (χ0n) is 21.8. The van der Waals surface area contributed by atoms with Gasteiger partial charge in [0.05, 0.1) is 11.6 Å². The monoisotopic (exact) mass is 494 g/mol. The fourth-order valence-electron chi connectivity index (χ4n) is 4.72. The van der Waals surface area contributed by atoms with Crippen LogP contribution in [0.1, 0.15) is 75.6 Å². The second-order valence-electron chi connectivity index (χ2n) is 9.50. The van der Waals surface area contributed by atoms with Gasteiger partial charge in [0.25, 0.3) is 11.7 Å². The molecule has 1 unspecified atom stereocenters. The third kappa shape index (κ3) is 6.61. The number of nitrogens with zero attached hydrogens (tertiary/aromatic N) is 2. The molecule has 2 aromatic carbocycles. The Kier molecular flexibility index (Phi) is 10.2. The number of halogens is 1. The maximum absolute atomic E-state index is 13.5. The number of Topliss-reactive ketones (excluding diaryl/α,β-unsaturated/α-hetero) is 1. The van der Waals surface area contributed by atoms with Crippen molar-refractivity contribution in [3.8, 4) is 0 Å². The second kappa shape index (κ2) is 13.4. The van der Waals surface area contributed by atoms with Gasteiger partial charge in [0.1, 0.15) is 11.6 Å². The normalized spacial score (nSPS) is 17.4. The molecule has 1 amide bonds. The van der Waals surface area contributed by atoms with E-state index in [-0.39, 0.29) is 11.3 Å². The first kappa shape index (κ1) is 27.6.